The van der Waals surface area contributed by atoms with Crippen LogP contribution in [0.15, 0.2) is 60.9 Å². The molecular formula is C26H24N6O2. The first-order valence-electron chi connectivity index (χ1n) is 11.3. The average molecular weight is 453 g/mol. The highest BCUT2D eigenvalue weighted by Gasteiger charge is 2.58. The van der Waals surface area contributed by atoms with Gasteiger partial charge in [-0.3, -0.25) is 14.3 Å². The van der Waals surface area contributed by atoms with E-state index in [2.05, 4.69) is 32.6 Å². The summed E-state index contributed by atoms with van der Waals surface area (Å²) in [5, 5.41) is 10.4. The standard InChI is InChI=1S/C26H24N6O2/c1-26-13-17(26)24(33)21-18(14-26)30-22(23(21)29-16-6-4-3-5-7-16)15-8-10-27-20(12-15)31-25(34)19-9-11-28-32(19)2/h3-12,17,29-30H,13-14H2,1-2H3,(H,27,31,34)/t17-,26+/m0/s1. The Morgan fingerprint density at radius 3 is 2.76 bits per heavy atom. The Labute approximate surface area is 196 Å². The summed E-state index contributed by atoms with van der Waals surface area (Å²) >= 11 is 0. The van der Waals surface area contributed by atoms with Gasteiger partial charge in [0.15, 0.2) is 5.78 Å². The van der Waals surface area contributed by atoms with Crippen molar-refractivity contribution >= 4 is 28.9 Å². The number of pyridine rings is 1. The number of fused-ring (bicyclic) bond motifs is 2. The molecule has 0 saturated heterocycles. The minimum atomic E-state index is -0.291. The van der Waals surface area contributed by atoms with E-state index in [0.29, 0.717) is 11.5 Å². The van der Waals surface area contributed by atoms with Crippen LogP contribution in [0.5, 0.6) is 0 Å². The molecule has 170 valence electrons. The molecule has 3 aromatic heterocycles. The molecule has 8 heteroatoms. The fourth-order valence-electron chi connectivity index (χ4n) is 4.99. The molecule has 4 aromatic rings. The molecule has 2 aliphatic rings. The molecule has 0 aliphatic heterocycles. The number of aromatic amines is 1. The Morgan fingerprint density at radius 1 is 1.18 bits per heavy atom. The first-order chi connectivity index (χ1) is 16.4. The van der Waals surface area contributed by atoms with Gasteiger partial charge in [-0.15, -0.1) is 0 Å². The van der Waals surface area contributed by atoms with E-state index < -0.39 is 0 Å². The van der Waals surface area contributed by atoms with Gasteiger partial charge in [0.1, 0.15) is 11.5 Å². The monoisotopic (exact) mass is 452 g/mol. The largest absolute Gasteiger partial charge is 0.356 e. The van der Waals surface area contributed by atoms with Gasteiger partial charge in [0.05, 0.1) is 16.9 Å². The van der Waals surface area contributed by atoms with Gasteiger partial charge in [-0.05, 0) is 48.6 Å². The summed E-state index contributed by atoms with van der Waals surface area (Å²) in [7, 11) is 1.71. The van der Waals surface area contributed by atoms with Crippen LogP contribution in [-0.4, -0.2) is 31.4 Å². The van der Waals surface area contributed by atoms with Crippen molar-refractivity contribution in [1.82, 2.24) is 19.7 Å². The quantitative estimate of drug-likeness (QED) is 0.411. The smallest absolute Gasteiger partial charge is 0.275 e. The maximum atomic E-state index is 13.4. The third-order valence-corrected chi connectivity index (χ3v) is 6.96. The van der Waals surface area contributed by atoms with Crippen LogP contribution in [0.3, 0.4) is 0 Å². The topological polar surface area (TPSA) is 105 Å². The molecule has 0 bridgehead atoms. The van der Waals surface area contributed by atoms with Crippen molar-refractivity contribution < 1.29 is 9.59 Å². The van der Waals surface area contributed by atoms with Crippen molar-refractivity contribution in [1.29, 1.82) is 0 Å². The minimum absolute atomic E-state index is 0.0523. The van der Waals surface area contributed by atoms with E-state index in [1.807, 2.05) is 42.5 Å². The zero-order valence-corrected chi connectivity index (χ0v) is 18.9. The van der Waals surface area contributed by atoms with E-state index in [1.54, 1.807) is 25.5 Å². The van der Waals surface area contributed by atoms with Gasteiger partial charge >= 0.3 is 0 Å². The number of rotatable bonds is 5. The van der Waals surface area contributed by atoms with Crippen molar-refractivity contribution in [3.05, 3.63) is 77.9 Å². The highest BCUT2D eigenvalue weighted by molar-refractivity contribution is 6.10. The van der Waals surface area contributed by atoms with Gasteiger partial charge < -0.3 is 15.6 Å². The number of aryl methyl sites for hydroxylation is 1. The summed E-state index contributed by atoms with van der Waals surface area (Å²) in [4.78, 5) is 33.9. The van der Waals surface area contributed by atoms with E-state index in [9.17, 15) is 9.59 Å². The maximum absolute atomic E-state index is 13.4. The number of hydrogen-bond acceptors (Lipinski definition) is 5. The second kappa shape index (κ2) is 7.41. The Bertz CT molecular complexity index is 1440. The zero-order valence-electron chi connectivity index (χ0n) is 18.9. The minimum Gasteiger partial charge on any atom is -0.356 e. The van der Waals surface area contributed by atoms with Crippen LogP contribution >= 0.6 is 0 Å². The summed E-state index contributed by atoms with van der Waals surface area (Å²) in [6, 6.07) is 15.2. The molecule has 1 amide bonds. The van der Waals surface area contributed by atoms with Crippen LogP contribution in [0, 0.1) is 11.3 Å². The van der Waals surface area contributed by atoms with Crippen molar-refractivity contribution in [2.24, 2.45) is 18.4 Å². The SMILES string of the molecule is Cn1nccc1C(=O)Nc1cc(-c2[nH]c3c(c2Nc2ccccc2)C(=O)[C@@H]2C[C@]2(C)C3)ccn1. The lowest BCUT2D eigenvalue weighted by Gasteiger charge is -2.18. The number of para-hydroxylation sites is 1. The van der Waals surface area contributed by atoms with Crippen molar-refractivity contribution in [3.8, 4) is 11.3 Å². The molecule has 6 rings (SSSR count). The normalized spacial score (nSPS) is 20.4. The first kappa shape index (κ1) is 20.4. The molecule has 1 saturated carbocycles. The number of nitrogens with one attached hydrogen (secondary N) is 3. The van der Waals surface area contributed by atoms with Crippen LogP contribution in [0.25, 0.3) is 11.3 Å². The number of Topliss-reactive ketones (excluding diaryl/α,β-unsaturated/α-hetero) is 1. The van der Waals surface area contributed by atoms with Gasteiger partial charge in [0.25, 0.3) is 5.91 Å². The number of H-pyrrole nitrogens is 1. The van der Waals surface area contributed by atoms with Gasteiger partial charge in [0, 0.05) is 42.3 Å². The number of carbonyl (C=O) groups is 2. The van der Waals surface area contributed by atoms with Gasteiger partial charge in [0.2, 0.25) is 0 Å². The molecule has 1 aromatic carbocycles. The first-order valence-corrected chi connectivity index (χ1v) is 11.3. The second-order valence-corrected chi connectivity index (χ2v) is 9.40. The summed E-state index contributed by atoms with van der Waals surface area (Å²) in [5.74, 6) is 0.416. The van der Waals surface area contributed by atoms with Crippen LogP contribution in [0.2, 0.25) is 0 Å². The molecule has 0 unspecified atom stereocenters. The summed E-state index contributed by atoms with van der Waals surface area (Å²) < 4.78 is 1.51. The maximum Gasteiger partial charge on any atom is 0.275 e. The molecule has 2 atom stereocenters. The van der Waals surface area contributed by atoms with E-state index in [1.165, 1.54) is 4.68 Å². The van der Waals surface area contributed by atoms with E-state index >= 15 is 0 Å². The van der Waals surface area contributed by atoms with E-state index in [-0.39, 0.29) is 23.0 Å². The van der Waals surface area contributed by atoms with E-state index in [0.717, 1.165) is 46.7 Å². The summed E-state index contributed by atoms with van der Waals surface area (Å²) in [5.41, 5.74) is 5.52. The lowest BCUT2D eigenvalue weighted by atomic mass is 9.87. The predicted octanol–water partition coefficient (Wildman–Crippen LogP) is 4.57. The van der Waals surface area contributed by atoms with Gasteiger partial charge in [-0.1, -0.05) is 25.1 Å². The number of aromatic nitrogens is 4. The Morgan fingerprint density at radius 2 is 2.00 bits per heavy atom. The number of nitrogens with zero attached hydrogens (tertiary/aromatic N) is 3. The van der Waals surface area contributed by atoms with Gasteiger partial charge in [-0.2, -0.15) is 5.10 Å². The molecule has 0 spiro atoms. The van der Waals surface area contributed by atoms with Crippen LogP contribution in [-0.2, 0) is 13.5 Å². The van der Waals surface area contributed by atoms with E-state index in [4.69, 9.17) is 0 Å². The fraction of sp³-hybridized carbons (Fsp3) is 0.231. The van der Waals surface area contributed by atoms with Crippen molar-refractivity contribution in [2.45, 2.75) is 19.8 Å². The molecular weight excluding hydrogens is 428 g/mol. The summed E-state index contributed by atoms with van der Waals surface area (Å²) in [6.07, 6.45) is 5.01. The molecule has 3 heterocycles. The molecule has 2 aliphatic carbocycles. The number of anilines is 3. The highest BCUT2D eigenvalue weighted by atomic mass is 16.2. The summed E-state index contributed by atoms with van der Waals surface area (Å²) in [6.45, 7) is 2.18. The van der Waals surface area contributed by atoms with Crippen LogP contribution in [0.1, 0.15) is 39.9 Å². The number of ketones is 1. The number of hydrogen-bond donors (Lipinski definition) is 3. The predicted molar refractivity (Wildman–Crippen MR) is 129 cm³/mol. The Kier molecular flexibility index (Phi) is 4.45. The molecule has 1 fully saturated rings. The Hall–Kier alpha value is -4.20. The lowest BCUT2D eigenvalue weighted by Crippen LogP contribution is -2.19. The third kappa shape index (κ3) is 3.30. The number of amides is 1. The average Bonchev–Trinajstić information content (AvgIpc) is 3.13. The molecule has 8 nitrogen and oxygen atoms in total. The molecule has 3 N–H and O–H groups in total. The lowest BCUT2D eigenvalue weighted by molar-refractivity contribution is 0.0940. The highest BCUT2D eigenvalue weighted by Crippen LogP contribution is 2.60. The van der Waals surface area contributed by atoms with Crippen molar-refractivity contribution in [2.75, 3.05) is 10.6 Å². The second-order valence-electron chi connectivity index (χ2n) is 9.40. The number of benzene rings is 1. The van der Waals surface area contributed by atoms with Gasteiger partial charge in [-0.25, -0.2) is 4.98 Å². The Balaban J connectivity index is 1.40. The van der Waals surface area contributed by atoms with Crippen LogP contribution < -0.4 is 10.6 Å². The molecule has 0 radical (unpaired) electrons. The number of carbonyl (C=O) groups excluding carboxylic acids is 2. The molecule has 34 heavy (non-hydrogen) atoms. The fourth-order valence-corrected chi connectivity index (χ4v) is 4.99. The van der Waals surface area contributed by atoms with Crippen molar-refractivity contribution in [3.63, 3.8) is 0 Å². The third-order valence-electron chi connectivity index (χ3n) is 6.96. The van der Waals surface area contributed by atoms with Crippen LogP contribution in [0.4, 0.5) is 17.2 Å². The zero-order chi connectivity index (χ0) is 23.4.